The topological polar surface area (TPSA) is 45.7 Å². The number of nitrogens with zero attached hydrogens (tertiary/aromatic N) is 3. The maximum Gasteiger partial charge on any atom is 0.339 e. The van der Waals surface area contributed by atoms with Gasteiger partial charge in [-0.25, -0.2) is 9.78 Å². The van der Waals surface area contributed by atoms with Gasteiger partial charge in [0.25, 0.3) is 0 Å². The van der Waals surface area contributed by atoms with Crippen LogP contribution in [-0.4, -0.2) is 55.7 Å². The van der Waals surface area contributed by atoms with E-state index in [1.54, 1.807) is 19.2 Å². The van der Waals surface area contributed by atoms with Crippen molar-refractivity contribution in [2.24, 2.45) is 0 Å². The number of hydrogen-bond donors (Lipinski definition) is 0. The molecule has 0 saturated carbocycles. The SMILES string of the molecule is CCOC(=O)c1ccc(N2CCN(C)CC2)nc1. The minimum atomic E-state index is -0.310. The molecule has 0 radical (unpaired) electrons. The first-order valence-corrected chi connectivity index (χ1v) is 6.27. The quantitative estimate of drug-likeness (QED) is 0.748. The van der Waals surface area contributed by atoms with E-state index in [9.17, 15) is 4.79 Å². The summed E-state index contributed by atoms with van der Waals surface area (Å²) in [6.07, 6.45) is 1.59. The lowest BCUT2D eigenvalue weighted by Crippen LogP contribution is -2.44. The van der Waals surface area contributed by atoms with Crippen LogP contribution < -0.4 is 4.90 Å². The fourth-order valence-corrected chi connectivity index (χ4v) is 1.94. The van der Waals surface area contributed by atoms with Crippen LogP contribution in [0.2, 0.25) is 0 Å². The molecule has 1 aliphatic heterocycles. The van der Waals surface area contributed by atoms with E-state index in [1.165, 1.54) is 0 Å². The number of pyridine rings is 1. The van der Waals surface area contributed by atoms with Crippen molar-refractivity contribution in [3.63, 3.8) is 0 Å². The Morgan fingerprint density at radius 1 is 1.33 bits per heavy atom. The van der Waals surface area contributed by atoms with Crippen LogP contribution in [0.3, 0.4) is 0 Å². The Morgan fingerprint density at radius 3 is 2.61 bits per heavy atom. The van der Waals surface area contributed by atoms with Gasteiger partial charge in [-0.1, -0.05) is 0 Å². The summed E-state index contributed by atoms with van der Waals surface area (Å²) in [5.41, 5.74) is 0.509. The van der Waals surface area contributed by atoms with Gasteiger partial charge in [-0.2, -0.15) is 0 Å². The summed E-state index contributed by atoms with van der Waals surface area (Å²) in [5.74, 6) is 0.617. The summed E-state index contributed by atoms with van der Waals surface area (Å²) in [4.78, 5) is 20.4. The number of piperazine rings is 1. The first-order valence-electron chi connectivity index (χ1n) is 6.27. The first kappa shape index (κ1) is 12.8. The highest BCUT2D eigenvalue weighted by Crippen LogP contribution is 2.13. The Morgan fingerprint density at radius 2 is 2.06 bits per heavy atom. The molecule has 0 aromatic carbocycles. The molecule has 0 unspecified atom stereocenters. The molecule has 0 atom stereocenters. The lowest BCUT2D eigenvalue weighted by atomic mass is 10.2. The Kier molecular flexibility index (Phi) is 4.15. The molecule has 5 heteroatoms. The summed E-state index contributed by atoms with van der Waals surface area (Å²) in [5, 5.41) is 0. The third-order valence-corrected chi connectivity index (χ3v) is 3.09. The van der Waals surface area contributed by atoms with E-state index in [2.05, 4.69) is 21.8 Å². The van der Waals surface area contributed by atoms with Crippen LogP contribution in [0.5, 0.6) is 0 Å². The average molecular weight is 249 g/mol. The standard InChI is InChI=1S/C13H19N3O2/c1-3-18-13(17)11-4-5-12(14-10-11)16-8-6-15(2)7-9-16/h4-5,10H,3,6-9H2,1-2H3. The molecule has 2 rings (SSSR count). The molecular formula is C13H19N3O2. The fourth-order valence-electron chi connectivity index (χ4n) is 1.94. The maximum atomic E-state index is 11.5. The summed E-state index contributed by atoms with van der Waals surface area (Å²) < 4.78 is 4.93. The molecule has 1 saturated heterocycles. The predicted octanol–water partition coefficient (Wildman–Crippen LogP) is 1.01. The molecule has 0 spiro atoms. The lowest BCUT2D eigenvalue weighted by molar-refractivity contribution is 0.0526. The van der Waals surface area contributed by atoms with Gasteiger partial charge in [-0.3, -0.25) is 0 Å². The van der Waals surface area contributed by atoms with Gasteiger partial charge in [0.2, 0.25) is 0 Å². The largest absolute Gasteiger partial charge is 0.462 e. The zero-order chi connectivity index (χ0) is 13.0. The molecule has 0 amide bonds. The number of likely N-dealkylation sites (N-methyl/N-ethyl adjacent to an activating group) is 1. The monoisotopic (exact) mass is 249 g/mol. The van der Waals surface area contributed by atoms with Crippen molar-refractivity contribution in [1.29, 1.82) is 0 Å². The van der Waals surface area contributed by atoms with Crippen molar-refractivity contribution < 1.29 is 9.53 Å². The Bertz CT molecular complexity index is 397. The minimum absolute atomic E-state index is 0.310. The molecule has 5 nitrogen and oxygen atoms in total. The Balaban J connectivity index is 2.01. The van der Waals surface area contributed by atoms with Gasteiger partial charge in [0.15, 0.2) is 0 Å². The van der Waals surface area contributed by atoms with E-state index < -0.39 is 0 Å². The summed E-state index contributed by atoms with van der Waals surface area (Å²) in [7, 11) is 2.12. The van der Waals surface area contributed by atoms with E-state index in [0.717, 1.165) is 32.0 Å². The number of ether oxygens (including phenoxy) is 1. The van der Waals surface area contributed by atoms with Gasteiger partial charge in [0, 0.05) is 32.4 Å². The zero-order valence-electron chi connectivity index (χ0n) is 10.9. The molecule has 0 bridgehead atoms. The predicted molar refractivity (Wildman–Crippen MR) is 69.9 cm³/mol. The van der Waals surface area contributed by atoms with Gasteiger partial charge in [-0.15, -0.1) is 0 Å². The van der Waals surface area contributed by atoms with Crippen LogP contribution in [0, 0.1) is 0 Å². The van der Waals surface area contributed by atoms with Crippen molar-refractivity contribution >= 4 is 11.8 Å². The number of anilines is 1. The van der Waals surface area contributed by atoms with E-state index in [4.69, 9.17) is 4.74 Å². The summed E-state index contributed by atoms with van der Waals surface area (Å²) in [6, 6.07) is 3.66. The van der Waals surface area contributed by atoms with Gasteiger partial charge >= 0.3 is 5.97 Å². The molecule has 1 aromatic rings. The number of rotatable bonds is 3. The maximum absolute atomic E-state index is 11.5. The van der Waals surface area contributed by atoms with Crippen molar-refractivity contribution in [3.05, 3.63) is 23.9 Å². The number of hydrogen-bond acceptors (Lipinski definition) is 5. The highest BCUT2D eigenvalue weighted by atomic mass is 16.5. The van der Waals surface area contributed by atoms with E-state index in [-0.39, 0.29) is 5.97 Å². The normalized spacial score (nSPS) is 16.7. The second-order valence-corrected chi connectivity index (χ2v) is 4.42. The summed E-state index contributed by atoms with van der Waals surface area (Å²) >= 11 is 0. The number of aromatic nitrogens is 1. The molecule has 1 aliphatic rings. The number of esters is 1. The first-order chi connectivity index (χ1) is 8.70. The van der Waals surface area contributed by atoms with Gasteiger partial charge in [-0.05, 0) is 26.1 Å². The van der Waals surface area contributed by atoms with Crippen molar-refractivity contribution in [3.8, 4) is 0 Å². The molecule has 0 N–H and O–H groups in total. The number of carbonyl (C=O) groups excluding carboxylic acids is 1. The third-order valence-electron chi connectivity index (χ3n) is 3.09. The second kappa shape index (κ2) is 5.82. The van der Waals surface area contributed by atoms with E-state index in [1.807, 2.05) is 6.07 Å². The minimum Gasteiger partial charge on any atom is -0.462 e. The third kappa shape index (κ3) is 2.98. The zero-order valence-corrected chi connectivity index (χ0v) is 10.9. The van der Waals surface area contributed by atoms with Crippen LogP contribution in [0.15, 0.2) is 18.3 Å². The smallest absolute Gasteiger partial charge is 0.339 e. The van der Waals surface area contributed by atoms with Crippen LogP contribution in [0.1, 0.15) is 17.3 Å². The Hall–Kier alpha value is -1.62. The van der Waals surface area contributed by atoms with Crippen molar-refractivity contribution in [2.45, 2.75) is 6.92 Å². The van der Waals surface area contributed by atoms with Gasteiger partial charge in [0.05, 0.1) is 12.2 Å². The molecule has 2 heterocycles. The second-order valence-electron chi connectivity index (χ2n) is 4.42. The Labute approximate surface area is 107 Å². The van der Waals surface area contributed by atoms with Crippen LogP contribution in [-0.2, 0) is 4.74 Å². The molecule has 18 heavy (non-hydrogen) atoms. The molecule has 1 fully saturated rings. The average Bonchev–Trinajstić information content (AvgIpc) is 2.40. The van der Waals surface area contributed by atoms with E-state index in [0.29, 0.717) is 12.2 Å². The van der Waals surface area contributed by atoms with Crippen molar-refractivity contribution in [2.75, 3.05) is 44.7 Å². The highest BCUT2D eigenvalue weighted by molar-refractivity contribution is 5.89. The van der Waals surface area contributed by atoms with Gasteiger partial charge < -0.3 is 14.5 Å². The van der Waals surface area contributed by atoms with Gasteiger partial charge in [0.1, 0.15) is 5.82 Å². The summed E-state index contributed by atoms with van der Waals surface area (Å²) in [6.45, 7) is 6.22. The van der Waals surface area contributed by atoms with Crippen LogP contribution in [0.25, 0.3) is 0 Å². The lowest BCUT2D eigenvalue weighted by Gasteiger charge is -2.33. The molecular weight excluding hydrogens is 230 g/mol. The van der Waals surface area contributed by atoms with Crippen LogP contribution >= 0.6 is 0 Å². The molecule has 98 valence electrons. The highest BCUT2D eigenvalue weighted by Gasteiger charge is 2.15. The number of carbonyl (C=O) groups is 1. The fraction of sp³-hybridized carbons (Fsp3) is 0.538. The van der Waals surface area contributed by atoms with E-state index >= 15 is 0 Å². The van der Waals surface area contributed by atoms with Crippen molar-refractivity contribution in [1.82, 2.24) is 9.88 Å². The molecule has 0 aliphatic carbocycles. The van der Waals surface area contributed by atoms with Crippen LogP contribution in [0.4, 0.5) is 5.82 Å². The molecule has 1 aromatic heterocycles.